The zero-order valence-electron chi connectivity index (χ0n) is 17.9. The van der Waals surface area contributed by atoms with Gasteiger partial charge < -0.3 is 4.74 Å². The molecule has 7 nitrogen and oxygen atoms in total. The van der Waals surface area contributed by atoms with E-state index in [2.05, 4.69) is 17.1 Å². The van der Waals surface area contributed by atoms with Crippen LogP contribution in [0.4, 0.5) is 8.78 Å². The van der Waals surface area contributed by atoms with Gasteiger partial charge in [-0.25, -0.2) is 27.2 Å². The van der Waals surface area contributed by atoms with Gasteiger partial charge in [-0.3, -0.25) is 0 Å². The van der Waals surface area contributed by atoms with Crippen molar-refractivity contribution < 1.29 is 13.5 Å². The Morgan fingerprint density at radius 1 is 0.970 bits per heavy atom. The predicted molar refractivity (Wildman–Crippen MR) is 120 cm³/mol. The molecule has 0 aliphatic rings. The molecule has 0 aliphatic heterocycles. The van der Waals surface area contributed by atoms with E-state index in [4.69, 9.17) is 4.74 Å². The lowest BCUT2D eigenvalue weighted by atomic mass is 10.1. The number of unbranched alkanes of at least 4 members (excludes halogenated alkanes) is 1. The summed E-state index contributed by atoms with van der Waals surface area (Å²) in [4.78, 5) is 12.8. The summed E-state index contributed by atoms with van der Waals surface area (Å²) < 4.78 is 36.8. The highest BCUT2D eigenvalue weighted by Crippen LogP contribution is 2.24. The number of ether oxygens (including phenoxy) is 1. The first-order valence-electron chi connectivity index (χ1n) is 10.7. The largest absolute Gasteiger partial charge is 0.494 e. The molecule has 3 aromatic heterocycles. The third kappa shape index (κ3) is 3.97. The van der Waals surface area contributed by atoms with Crippen LogP contribution in [0.3, 0.4) is 0 Å². The number of halogens is 2. The van der Waals surface area contributed by atoms with Gasteiger partial charge in [0.2, 0.25) is 0 Å². The van der Waals surface area contributed by atoms with Crippen LogP contribution in [0.2, 0.25) is 0 Å². The summed E-state index contributed by atoms with van der Waals surface area (Å²) in [6.07, 6.45) is 5.35. The molecule has 2 aromatic carbocycles. The van der Waals surface area contributed by atoms with Crippen molar-refractivity contribution in [3.63, 3.8) is 0 Å². The average Bonchev–Trinajstić information content (AvgIpc) is 3.39. The Hall–Kier alpha value is -4.01. The van der Waals surface area contributed by atoms with Crippen LogP contribution in [-0.4, -0.2) is 30.4 Å². The second-order valence-corrected chi connectivity index (χ2v) is 7.77. The van der Waals surface area contributed by atoms with Crippen LogP contribution in [0.5, 0.6) is 5.75 Å². The van der Waals surface area contributed by atoms with E-state index in [0.29, 0.717) is 23.3 Å². The summed E-state index contributed by atoms with van der Waals surface area (Å²) in [6.45, 7) is 2.82. The third-order valence-corrected chi connectivity index (χ3v) is 5.43. The minimum absolute atomic E-state index is 0.0182. The summed E-state index contributed by atoms with van der Waals surface area (Å²) in [5.41, 5.74) is 2.76. The van der Waals surface area contributed by atoms with Gasteiger partial charge in [-0.05, 0) is 54.4 Å². The normalized spacial score (nSPS) is 11.5. The second-order valence-electron chi connectivity index (χ2n) is 7.77. The maximum Gasteiger partial charge on any atom is 0.350 e. The Morgan fingerprint density at radius 2 is 1.79 bits per heavy atom. The van der Waals surface area contributed by atoms with E-state index in [1.807, 2.05) is 30.3 Å². The highest BCUT2D eigenvalue weighted by atomic mass is 19.2. The van der Waals surface area contributed by atoms with Gasteiger partial charge in [0.15, 0.2) is 17.3 Å². The molecule has 168 valence electrons. The fourth-order valence-corrected chi connectivity index (χ4v) is 3.65. The van der Waals surface area contributed by atoms with Crippen molar-refractivity contribution in [2.45, 2.75) is 26.3 Å². The van der Waals surface area contributed by atoms with Crippen molar-refractivity contribution in [1.29, 1.82) is 0 Å². The van der Waals surface area contributed by atoms with Crippen LogP contribution < -0.4 is 10.4 Å². The molecule has 9 heteroatoms. The van der Waals surface area contributed by atoms with Crippen LogP contribution >= 0.6 is 0 Å². The average molecular weight is 449 g/mol. The van der Waals surface area contributed by atoms with E-state index >= 15 is 0 Å². The van der Waals surface area contributed by atoms with Crippen molar-refractivity contribution in [3.8, 4) is 17.0 Å². The first-order chi connectivity index (χ1) is 16.0. The maximum atomic E-state index is 13.6. The van der Waals surface area contributed by atoms with E-state index in [0.717, 1.165) is 42.0 Å². The molecule has 0 amide bonds. The van der Waals surface area contributed by atoms with Gasteiger partial charge in [0.05, 0.1) is 18.8 Å². The second kappa shape index (κ2) is 8.50. The molecular weight excluding hydrogens is 428 g/mol. The lowest BCUT2D eigenvalue weighted by Gasteiger charge is -2.05. The molecule has 0 radical (unpaired) electrons. The van der Waals surface area contributed by atoms with Crippen molar-refractivity contribution in [2.75, 3.05) is 6.61 Å². The van der Waals surface area contributed by atoms with Crippen LogP contribution in [0.25, 0.3) is 22.4 Å². The summed E-state index contributed by atoms with van der Waals surface area (Å²) in [5.74, 6) is -1.09. The Kier molecular flexibility index (Phi) is 5.37. The number of nitrogens with zero attached hydrogens (tertiary/aromatic N) is 5. The highest BCUT2D eigenvalue weighted by Gasteiger charge is 2.14. The minimum Gasteiger partial charge on any atom is -0.494 e. The fraction of sp³-hybridized carbons (Fsp3) is 0.208. The highest BCUT2D eigenvalue weighted by molar-refractivity contribution is 5.76. The predicted octanol–water partition coefficient (Wildman–Crippen LogP) is 4.32. The first-order valence-corrected chi connectivity index (χ1v) is 10.7. The number of fused-ring (bicyclic) bond motifs is 3. The van der Waals surface area contributed by atoms with Gasteiger partial charge in [-0.1, -0.05) is 19.4 Å². The van der Waals surface area contributed by atoms with Crippen LogP contribution in [-0.2, 0) is 6.54 Å². The van der Waals surface area contributed by atoms with Crippen molar-refractivity contribution in [1.82, 2.24) is 23.8 Å². The smallest absolute Gasteiger partial charge is 0.350 e. The minimum atomic E-state index is -0.964. The van der Waals surface area contributed by atoms with E-state index in [1.165, 1.54) is 15.1 Å². The Balaban J connectivity index is 1.48. The topological polar surface area (TPSA) is 65.8 Å². The van der Waals surface area contributed by atoms with Crippen LogP contribution in [0, 0.1) is 11.6 Å². The Bertz CT molecular complexity index is 1500. The van der Waals surface area contributed by atoms with Gasteiger partial charge in [0.1, 0.15) is 11.3 Å². The lowest BCUT2D eigenvalue weighted by molar-refractivity contribution is 0.309. The molecule has 0 saturated heterocycles. The third-order valence-electron chi connectivity index (χ3n) is 5.43. The number of hydrogen-bond donors (Lipinski definition) is 0. The van der Waals surface area contributed by atoms with E-state index in [-0.39, 0.29) is 12.2 Å². The van der Waals surface area contributed by atoms with Gasteiger partial charge >= 0.3 is 5.69 Å². The van der Waals surface area contributed by atoms with Gasteiger partial charge in [-0.2, -0.15) is 5.10 Å². The molecule has 0 saturated carbocycles. The lowest BCUT2D eigenvalue weighted by Crippen LogP contribution is -2.21. The maximum absolute atomic E-state index is 13.6. The Labute approximate surface area is 187 Å². The SMILES string of the molecule is CCCCOc1ccc(-c2cc3c4nn(Cc5ccc(F)c(F)c5)c(=O)n4ccn3n2)cc1. The van der Waals surface area contributed by atoms with E-state index < -0.39 is 11.6 Å². The molecule has 0 fully saturated rings. The number of hydrogen-bond acceptors (Lipinski definition) is 4. The summed E-state index contributed by atoms with van der Waals surface area (Å²) >= 11 is 0. The molecule has 5 aromatic rings. The van der Waals surface area contributed by atoms with Gasteiger partial charge in [0.25, 0.3) is 0 Å². The molecular formula is C24H21F2N5O2. The first kappa shape index (κ1) is 20.9. The molecule has 5 rings (SSSR count). The summed E-state index contributed by atoms with van der Waals surface area (Å²) in [6, 6.07) is 13.1. The standard InChI is InChI=1S/C24H21F2N5O2/c1-2-3-12-33-18-7-5-17(6-8-18)21-14-22-23-28-31(15-16-4-9-19(25)20(26)13-16)24(32)29(23)10-11-30(22)27-21/h4-11,13-14H,2-3,12,15H2,1H3. The molecule has 0 aliphatic carbocycles. The van der Waals surface area contributed by atoms with Crippen molar-refractivity contribution in [3.05, 3.63) is 88.6 Å². The Morgan fingerprint density at radius 3 is 2.55 bits per heavy atom. The van der Waals surface area contributed by atoms with E-state index in [9.17, 15) is 13.6 Å². The van der Waals surface area contributed by atoms with Crippen LogP contribution in [0.1, 0.15) is 25.3 Å². The number of benzene rings is 2. The van der Waals surface area contributed by atoms with Crippen molar-refractivity contribution >= 4 is 11.2 Å². The van der Waals surface area contributed by atoms with Crippen molar-refractivity contribution in [2.24, 2.45) is 0 Å². The molecule has 0 spiro atoms. The fourth-order valence-electron chi connectivity index (χ4n) is 3.65. The van der Waals surface area contributed by atoms with Gasteiger partial charge in [-0.15, -0.1) is 5.10 Å². The zero-order chi connectivity index (χ0) is 22.9. The number of rotatable bonds is 7. The summed E-state index contributed by atoms with van der Waals surface area (Å²) in [5, 5.41) is 9.02. The quantitative estimate of drug-likeness (QED) is 0.347. The van der Waals surface area contributed by atoms with Gasteiger partial charge in [0, 0.05) is 18.0 Å². The molecule has 0 N–H and O–H groups in total. The molecule has 0 bridgehead atoms. The molecule has 0 unspecified atom stereocenters. The van der Waals surface area contributed by atoms with E-state index in [1.54, 1.807) is 16.9 Å². The summed E-state index contributed by atoms with van der Waals surface area (Å²) in [7, 11) is 0. The molecule has 3 heterocycles. The number of aromatic nitrogens is 5. The monoisotopic (exact) mass is 449 g/mol. The van der Waals surface area contributed by atoms with Crippen LogP contribution in [0.15, 0.2) is 65.7 Å². The molecule has 0 atom stereocenters. The zero-order valence-corrected chi connectivity index (χ0v) is 17.9. The molecule has 33 heavy (non-hydrogen) atoms.